The number of amides is 1. The van der Waals surface area contributed by atoms with Crippen molar-refractivity contribution in [1.82, 2.24) is 4.98 Å². The maximum Gasteiger partial charge on any atom is 0.293 e. The minimum Gasteiger partial charge on any atom is -0.451 e. The number of nitrogens with one attached hydrogen (secondary N) is 1. The predicted octanol–water partition coefficient (Wildman–Crippen LogP) is 6.88. The number of rotatable bonds is 3. The van der Waals surface area contributed by atoms with Crippen molar-refractivity contribution in [2.24, 2.45) is 0 Å². The van der Waals surface area contributed by atoms with E-state index in [0.29, 0.717) is 26.5 Å². The Morgan fingerprint density at radius 2 is 1.96 bits per heavy atom. The maximum absolute atomic E-state index is 12.4. The van der Waals surface area contributed by atoms with Gasteiger partial charge in [-0.15, -0.1) is 0 Å². The molecule has 0 aliphatic carbocycles. The average molecular weight is 468 g/mol. The number of hydrogen-bond donors (Lipinski definition) is 1. The first-order valence-corrected chi connectivity index (χ1v) is 9.79. The molecule has 0 spiro atoms. The van der Waals surface area contributed by atoms with Crippen LogP contribution in [0.2, 0.25) is 10.0 Å². The number of halogens is 3. The van der Waals surface area contributed by atoms with E-state index in [0.717, 1.165) is 14.7 Å². The minimum absolute atomic E-state index is 0.163. The van der Waals surface area contributed by atoms with Gasteiger partial charge in [0.1, 0.15) is 5.76 Å². The lowest BCUT2D eigenvalue weighted by Crippen LogP contribution is -2.10. The largest absolute Gasteiger partial charge is 0.451 e. The van der Waals surface area contributed by atoms with Gasteiger partial charge in [0, 0.05) is 15.1 Å². The zero-order valence-electron chi connectivity index (χ0n) is 12.9. The van der Waals surface area contributed by atoms with Crippen LogP contribution in [-0.4, -0.2) is 10.9 Å². The fourth-order valence-corrected chi connectivity index (χ4v) is 4.20. The molecule has 0 bridgehead atoms. The van der Waals surface area contributed by atoms with E-state index >= 15 is 0 Å². The van der Waals surface area contributed by atoms with Crippen molar-refractivity contribution < 1.29 is 9.21 Å². The highest BCUT2D eigenvalue weighted by atomic mass is 79.9. The zero-order valence-corrected chi connectivity index (χ0v) is 16.8. The van der Waals surface area contributed by atoms with E-state index in [2.05, 4.69) is 26.2 Å². The summed E-state index contributed by atoms with van der Waals surface area (Å²) in [5.41, 5.74) is 1.45. The highest BCUT2D eigenvalue weighted by Gasteiger charge is 2.16. The fraction of sp³-hybridized carbons (Fsp3) is 0. The van der Waals surface area contributed by atoms with Crippen LogP contribution in [0.5, 0.6) is 0 Å². The number of furan rings is 1. The van der Waals surface area contributed by atoms with Gasteiger partial charge in [0.05, 0.1) is 15.2 Å². The molecule has 0 unspecified atom stereocenters. The molecule has 8 heteroatoms. The summed E-state index contributed by atoms with van der Waals surface area (Å²) >= 11 is 17.0. The highest BCUT2D eigenvalue weighted by molar-refractivity contribution is 9.10. The third-order valence-electron chi connectivity index (χ3n) is 3.59. The third-order valence-corrected chi connectivity index (χ3v) is 5.59. The Kier molecular flexibility index (Phi) is 4.75. The molecule has 0 aliphatic rings. The summed E-state index contributed by atoms with van der Waals surface area (Å²) in [6, 6.07) is 14.1. The molecule has 1 N–H and O–H groups in total. The first-order valence-electron chi connectivity index (χ1n) is 7.42. The van der Waals surface area contributed by atoms with Crippen LogP contribution in [0.1, 0.15) is 10.6 Å². The summed E-state index contributed by atoms with van der Waals surface area (Å²) in [6.45, 7) is 0. The average Bonchev–Trinajstić information content (AvgIpc) is 3.23. The smallest absolute Gasteiger partial charge is 0.293 e. The lowest BCUT2D eigenvalue weighted by Gasteiger charge is -2.02. The second kappa shape index (κ2) is 7.04. The molecular formula is C18H9BrCl2N2O2S. The molecule has 26 heavy (non-hydrogen) atoms. The minimum atomic E-state index is -0.382. The molecule has 0 aliphatic heterocycles. The summed E-state index contributed by atoms with van der Waals surface area (Å²) in [6.07, 6.45) is 0. The van der Waals surface area contributed by atoms with Crippen molar-refractivity contribution in [2.45, 2.75) is 0 Å². The molecule has 2 heterocycles. The van der Waals surface area contributed by atoms with Gasteiger partial charge in [-0.2, -0.15) is 0 Å². The quantitative estimate of drug-likeness (QED) is 0.357. The Morgan fingerprint density at radius 1 is 1.12 bits per heavy atom. The molecule has 0 atom stereocenters. The molecule has 0 radical (unpaired) electrons. The lowest BCUT2D eigenvalue weighted by atomic mass is 10.2. The van der Waals surface area contributed by atoms with Crippen LogP contribution >= 0.6 is 50.5 Å². The molecule has 2 aromatic heterocycles. The molecule has 4 nitrogen and oxygen atoms in total. The number of hydrogen-bond acceptors (Lipinski definition) is 4. The number of thiazole rings is 1. The molecule has 4 aromatic rings. The number of nitrogens with zero attached hydrogens (tertiary/aromatic N) is 1. The Labute approximate surface area is 170 Å². The van der Waals surface area contributed by atoms with Crippen molar-refractivity contribution in [3.8, 4) is 11.3 Å². The number of carbonyl (C=O) groups excluding carboxylic acids is 1. The molecule has 130 valence electrons. The van der Waals surface area contributed by atoms with Crippen molar-refractivity contribution in [3.05, 3.63) is 68.8 Å². The third kappa shape index (κ3) is 3.50. The number of anilines is 1. The van der Waals surface area contributed by atoms with Crippen molar-refractivity contribution in [2.75, 3.05) is 5.32 Å². The Balaban J connectivity index is 1.58. The van der Waals surface area contributed by atoms with E-state index in [1.165, 1.54) is 11.3 Å². The first kappa shape index (κ1) is 17.5. The Hall–Kier alpha value is -1.86. The number of fused-ring (bicyclic) bond motifs is 1. The molecule has 0 saturated carbocycles. The fourth-order valence-electron chi connectivity index (χ4n) is 2.40. The molecule has 0 saturated heterocycles. The summed E-state index contributed by atoms with van der Waals surface area (Å²) in [4.78, 5) is 16.8. The standard InChI is InChI=1S/C18H9BrCl2N2O2S/c19-9-1-4-13-16(7-9)26-18(22-13)23-17(24)15-6-5-14(25-15)11-8-10(20)2-3-12(11)21/h1-8H,(H,22,23,24). The monoisotopic (exact) mass is 466 g/mol. The molecule has 1 amide bonds. The van der Waals surface area contributed by atoms with Crippen LogP contribution in [0.3, 0.4) is 0 Å². The van der Waals surface area contributed by atoms with Gasteiger partial charge in [0.25, 0.3) is 5.91 Å². The molecular weight excluding hydrogens is 459 g/mol. The first-order chi connectivity index (χ1) is 12.5. The van der Waals surface area contributed by atoms with Gasteiger partial charge >= 0.3 is 0 Å². The molecule has 2 aromatic carbocycles. The van der Waals surface area contributed by atoms with Gasteiger partial charge in [-0.1, -0.05) is 50.5 Å². The SMILES string of the molecule is O=C(Nc1nc2ccc(Br)cc2s1)c1ccc(-c2cc(Cl)ccc2Cl)o1. The van der Waals surface area contributed by atoms with Gasteiger partial charge in [-0.05, 0) is 48.5 Å². The Bertz CT molecular complexity index is 1140. The van der Waals surface area contributed by atoms with E-state index in [9.17, 15) is 4.79 Å². The Morgan fingerprint density at radius 3 is 2.81 bits per heavy atom. The summed E-state index contributed by atoms with van der Waals surface area (Å²) in [5.74, 6) is 0.250. The van der Waals surface area contributed by atoms with Crippen molar-refractivity contribution in [1.29, 1.82) is 0 Å². The van der Waals surface area contributed by atoms with Crippen LogP contribution in [-0.2, 0) is 0 Å². The van der Waals surface area contributed by atoms with E-state index in [4.69, 9.17) is 27.6 Å². The van der Waals surface area contributed by atoms with Gasteiger partial charge in [0.15, 0.2) is 10.9 Å². The maximum atomic E-state index is 12.4. The van der Waals surface area contributed by atoms with E-state index < -0.39 is 0 Å². The second-order valence-corrected chi connectivity index (χ2v) is 8.16. The van der Waals surface area contributed by atoms with Crippen molar-refractivity contribution >= 4 is 71.7 Å². The molecule has 0 fully saturated rings. The highest BCUT2D eigenvalue weighted by Crippen LogP contribution is 2.32. The van der Waals surface area contributed by atoms with E-state index in [1.807, 2.05) is 18.2 Å². The van der Waals surface area contributed by atoms with E-state index in [1.54, 1.807) is 30.3 Å². The number of aromatic nitrogens is 1. The second-order valence-electron chi connectivity index (χ2n) is 5.37. The van der Waals surface area contributed by atoms with Gasteiger partial charge < -0.3 is 4.42 Å². The summed E-state index contributed by atoms with van der Waals surface area (Å²) in [5, 5.41) is 4.29. The van der Waals surface area contributed by atoms with Gasteiger partial charge in [0.2, 0.25) is 0 Å². The van der Waals surface area contributed by atoms with Crippen LogP contribution < -0.4 is 5.32 Å². The van der Waals surface area contributed by atoms with Crippen LogP contribution in [0.4, 0.5) is 5.13 Å². The van der Waals surface area contributed by atoms with Crippen LogP contribution in [0, 0.1) is 0 Å². The van der Waals surface area contributed by atoms with Gasteiger partial charge in [-0.3, -0.25) is 10.1 Å². The van der Waals surface area contributed by atoms with Gasteiger partial charge in [-0.25, -0.2) is 4.98 Å². The lowest BCUT2D eigenvalue weighted by molar-refractivity contribution is 0.0997. The molecule has 4 rings (SSSR count). The van der Waals surface area contributed by atoms with Crippen molar-refractivity contribution in [3.63, 3.8) is 0 Å². The van der Waals surface area contributed by atoms with Crippen LogP contribution in [0.25, 0.3) is 21.5 Å². The van der Waals surface area contributed by atoms with E-state index in [-0.39, 0.29) is 11.7 Å². The summed E-state index contributed by atoms with van der Waals surface area (Å²) < 4.78 is 7.58. The van der Waals surface area contributed by atoms with Crippen LogP contribution in [0.15, 0.2) is 57.4 Å². The summed E-state index contributed by atoms with van der Waals surface area (Å²) in [7, 11) is 0. The predicted molar refractivity (Wildman–Crippen MR) is 109 cm³/mol. The normalized spacial score (nSPS) is 11.0. The topological polar surface area (TPSA) is 55.1 Å². The number of benzene rings is 2. The zero-order chi connectivity index (χ0) is 18.3. The number of carbonyl (C=O) groups is 1.